The Balaban J connectivity index is 2.51. The van der Waals surface area contributed by atoms with Crippen molar-refractivity contribution in [3.63, 3.8) is 0 Å². The number of halogens is 1. The van der Waals surface area contributed by atoms with E-state index in [9.17, 15) is 9.00 Å². The van der Waals surface area contributed by atoms with E-state index in [2.05, 4.69) is 21.2 Å². The highest BCUT2D eigenvalue weighted by molar-refractivity contribution is 9.10. The zero-order valence-corrected chi connectivity index (χ0v) is 13.8. The topological polar surface area (TPSA) is 49.4 Å². The zero-order valence-electron chi connectivity index (χ0n) is 11.4. The van der Waals surface area contributed by atoms with Crippen LogP contribution < -0.4 is 5.32 Å². The van der Waals surface area contributed by atoms with Crippen LogP contribution in [0.4, 0.5) is 5.69 Å². The third kappa shape index (κ3) is 5.84. The summed E-state index contributed by atoms with van der Waals surface area (Å²) < 4.78 is 12.0. The molecule has 0 bridgehead atoms. The van der Waals surface area contributed by atoms with Gasteiger partial charge < -0.3 is 5.32 Å². The van der Waals surface area contributed by atoms with Crippen molar-refractivity contribution in [2.24, 2.45) is 0 Å². The minimum atomic E-state index is -0.854. The van der Waals surface area contributed by atoms with E-state index in [4.69, 9.17) is 0 Å². The molecular formula is C13H19BrN2O2S. The van der Waals surface area contributed by atoms with E-state index in [0.717, 1.165) is 10.2 Å². The first kappa shape index (κ1) is 16.3. The Kier molecular flexibility index (Phi) is 6.68. The first-order valence-corrected chi connectivity index (χ1v) is 8.47. The number of para-hydroxylation sites is 1. The molecule has 1 amide bonds. The zero-order chi connectivity index (χ0) is 14.4. The van der Waals surface area contributed by atoms with Crippen molar-refractivity contribution in [1.29, 1.82) is 0 Å². The molecule has 1 aromatic rings. The third-order valence-electron chi connectivity index (χ3n) is 2.77. The molecule has 1 aromatic carbocycles. The first-order valence-electron chi connectivity index (χ1n) is 5.94. The van der Waals surface area contributed by atoms with Crippen LogP contribution in [0.2, 0.25) is 0 Å². The summed E-state index contributed by atoms with van der Waals surface area (Å²) in [6.45, 7) is 2.24. The number of nitrogens with one attached hydrogen (secondary N) is 1. The SMILES string of the molecule is C[C@H](C[S@@](C)=O)N(C)CC(=O)Nc1ccccc1Br. The van der Waals surface area contributed by atoms with Gasteiger partial charge in [-0.05, 0) is 42.0 Å². The van der Waals surface area contributed by atoms with Gasteiger partial charge in [0.25, 0.3) is 0 Å². The molecule has 0 heterocycles. The van der Waals surface area contributed by atoms with Gasteiger partial charge in [-0.3, -0.25) is 13.9 Å². The molecule has 0 aliphatic heterocycles. The average molecular weight is 347 g/mol. The molecule has 2 atom stereocenters. The van der Waals surface area contributed by atoms with Gasteiger partial charge in [0.2, 0.25) is 5.91 Å². The van der Waals surface area contributed by atoms with Crippen LogP contribution in [0, 0.1) is 0 Å². The Hall–Kier alpha value is -0.720. The second-order valence-corrected chi connectivity index (χ2v) is 6.87. The fourth-order valence-electron chi connectivity index (χ4n) is 1.60. The van der Waals surface area contributed by atoms with Crippen LogP contribution >= 0.6 is 15.9 Å². The van der Waals surface area contributed by atoms with E-state index in [-0.39, 0.29) is 18.5 Å². The van der Waals surface area contributed by atoms with Gasteiger partial charge in [0.05, 0.1) is 12.2 Å². The molecular weight excluding hydrogens is 328 g/mol. The van der Waals surface area contributed by atoms with Crippen LogP contribution in [0.15, 0.2) is 28.7 Å². The predicted molar refractivity (Wildman–Crippen MR) is 83.8 cm³/mol. The van der Waals surface area contributed by atoms with Crippen molar-refractivity contribution in [2.75, 3.05) is 30.9 Å². The number of carbonyl (C=O) groups is 1. The summed E-state index contributed by atoms with van der Waals surface area (Å²) >= 11 is 3.38. The monoisotopic (exact) mass is 346 g/mol. The second kappa shape index (κ2) is 7.77. The van der Waals surface area contributed by atoms with Gasteiger partial charge in [0.1, 0.15) is 0 Å². The molecule has 1 rings (SSSR count). The molecule has 6 heteroatoms. The lowest BCUT2D eigenvalue weighted by Crippen LogP contribution is -2.39. The van der Waals surface area contributed by atoms with E-state index in [0.29, 0.717) is 5.75 Å². The molecule has 0 saturated carbocycles. The molecule has 4 nitrogen and oxygen atoms in total. The molecule has 106 valence electrons. The molecule has 0 unspecified atom stereocenters. The molecule has 0 fully saturated rings. The van der Waals surface area contributed by atoms with Crippen molar-refractivity contribution in [3.8, 4) is 0 Å². The lowest BCUT2D eigenvalue weighted by molar-refractivity contribution is -0.117. The molecule has 19 heavy (non-hydrogen) atoms. The average Bonchev–Trinajstić information content (AvgIpc) is 2.31. The number of nitrogens with zero attached hydrogens (tertiary/aromatic N) is 1. The Bertz CT molecular complexity index is 468. The summed E-state index contributed by atoms with van der Waals surface area (Å²) in [4.78, 5) is 13.8. The maximum atomic E-state index is 11.9. The summed E-state index contributed by atoms with van der Waals surface area (Å²) in [6.07, 6.45) is 1.67. The highest BCUT2D eigenvalue weighted by Crippen LogP contribution is 2.20. The van der Waals surface area contributed by atoms with E-state index in [1.165, 1.54) is 0 Å². The minimum Gasteiger partial charge on any atom is -0.324 e. The fourth-order valence-corrected chi connectivity index (χ4v) is 2.92. The Morgan fingerprint density at radius 2 is 2.11 bits per heavy atom. The van der Waals surface area contributed by atoms with Gasteiger partial charge in [-0.1, -0.05) is 12.1 Å². The van der Waals surface area contributed by atoms with Gasteiger partial charge in [-0.2, -0.15) is 0 Å². The number of anilines is 1. The first-order chi connectivity index (χ1) is 8.90. The summed E-state index contributed by atoms with van der Waals surface area (Å²) in [5, 5.41) is 2.85. The van der Waals surface area contributed by atoms with Gasteiger partial charge >= 0.3 is 0 Å². The number of amides is 1. The smallest absolute Gasteiger partial charge is 0.238 e. The maximum Gasteiger partial charge on any atom is 0.238 e. The van der Waals surface area contributed by atoms with Gasteiger partial charge in [0, 0.05) is 33.3 Å². The van der Waals surface area contributed by atoms with Crippen LogP contribution in [0.25, 0.3) is 0 Å². The number of rotatable bonds is 6. The maximum absolute atomic E-state index is 11.9. The summed E-state index contributed by atoms with van der Waals surface area (Å²) in [5.41, 5.74) is 0.757. The lowest BCUT2D eigenvalue weighted by Gasteiger charge is -2.23. The number of carbonyl (C=O) groups excluding carboxylic acids is 1. The van der Waals surface area contributed by atoms with Crippen molar-refractivity contribution in [2.45, 2.75) is 13.0 Å². The van der Waals surface area contributed by atoms with Crippen molar-refractivity contribution >= 4 is 38.3 Å². The molecule has 0 aromatic heterocycles. The molecule has 0 radical (unpaired) electrons. The largest absolute Gasteiger partial charge is 0.324 e. The standard InChI is InChI=1S/C13H19BrN2O2S/c1-10(9-19(3)18)16(2)8-13(17)15-12-7-5-4-6-11(12)14/h4-7,10H,8-9H2,1-3H3,(H,15,17)/t10-,19-/m1/s1. The van der Waals surface area contributed by atoms with Crippen LogP contribution in [-0.4, -0.2) is 46.7 Å². The Morgan fingerprint density at radius 3 is 2.68 bits per heavy atom. The van der Waals surface area contributed by atoms with Gasteiger partial charge in [0.15, 0.2) is 0 Å². The van der Waals surface area contributed by atoms with Crippen LogP contribution in [0.5, 0.6) is 0 Å². The van der Waals surface area contributed by atoms with E-state index in [1.54, 1.807) is 6.26 Å². The van der Waals surface area contributed by atoms with Crippen LogP contribution in [0.1, 0.15) is 6.92 Å². The lowest BCUT2D eigenvalue weighted by atomic mass is 10.3. The van der Waals surface area contributed by atoms with Crippen molar-refractivity contribution in [1.82, 2.24) is 4.90 Å². The van der Waals surface area contributed by atoms with E-state index < -0.39 is 10.8 Å². The minimum absolute atomic E-state index is 0.0804. The second-order valence-electron chi connectivity index (χ2n) is 4.53. The predicted octanol–water partition coefficient (Wildman–Crippen LogP) is 2.09. The third-order valence-corrected chi connectivity index (χ3v) is 4.41. The van der Waals surface area contributed by atoms with Crippen LogP contribution in [0.3, 0.4) is 0 Å². The summed E-state index contributed by atoms with van der Waals surface area (Å²) in [6, 6.07) is 7.59. The Labute approximate surface area is 125 Å². The molecule has 1 N–H and O–H groups in total. The molecule has 0 aliphatic carbocycles. The number of benzene rings is 1. The molecule has 0 saturated heterocycles. The van der Waals surface area contributed by atoms with E-state index in [1.807, 2.05) is 43.1 Å². The summed E-state index contributed by atoms with van der Waals surface area (Å²) in [7, 11) is 1.00. The van der Waals surface area contributed by atoms with Crippen molar-refractivity contribution < 1.29 is 9.00 Å². The number of likely N-dealkylation sites (N-methyl/N-ethyl adjacent to an activating group) is 1. The van der Waals surface area contributed by atoms with Crippen LogP contribution in [-0.2, 0) is 15.6 Å². The fraction of sp³-hybridized carbons (Fsp3) is 0.462. The van der Waals surface area contributed by atoms with E-state index >= 15 is 0 Å². The number of hydrogen-bond acceptors (Lipinski definition) is 3. The quantitative estimate of drug-likeness (QED) is 0.857. The highest BCUT2D eigenvalue weighted by Gasteiger charge is 2.14. The van der Waals surface area contributed by atoms with Crippen molar-refractivity contribution in [3.05, 3.63) is 28.7 Å². The molecule has 0 spiro atoms. The Morgan fingerprint density at radius 1 is 1.47 bits per heavy atom. The normalized spacial score (nSPS) is 14.2. The van der Waals surface area contributed by atoms with Gasteiger partial charge in [-0.25, -0.2) is 0 Å². The molecule has 0 aliphatic rings. The summed E-state index contributed by atoms with van der Waals surface area (Å²) in [5.74, 6) is 0.488. The van der Waals surface area contributed by atoms with Gasteiger partial charge in [-0.15, -0.1) is 0 Å². The number of hydrogen-bond donors (Lipinski definition) is 1. The highest BCUT2D eigenvalue weighted by atomic mass is 79.9.